The second kappa shape index (κ2) is 7.69. The van der Waals surface area contributed by atoms with Crippen molar-refractivity contribution in [3.63, 3.8) is 0 Å². The van der Waals surface area contributed by atoms with Gasteiger partial charge in [0.25, 0.3) is 5.91 Å². The van der Waals surface area contributed by atoms with E-state index >= 15 is 0 Å². The summed E-state index contributed by atoms with van der Waals surface area (Å²) in [5, 5.41) is 5.73. The van der Waals surface area contributed by atoms with Crippen LogP contribution in [0.15, 0.2) is 30.3 Å². The Morgan fingerprint density at radius 3 is 2.65 bits per heavy atom. The predicted molar refractivity (Wildman–Crippen MR) is 103 cm³/mol. The maximum absolute atomic E-state index is 12.4. The number of thiocarbonyl (C=S) groups is 1. The molecule has 0 spiro atoms. The molecule has 1 heterocycles. The quantitative estimate of drug-likeness (QED) is 0.565. The van der Waals surface area contributed by atoms with E-state index in [9.17, 15) is 4.79 Å². The van der Waals surface area contributed by atoms with Gasteiger partial charge in [-0.15, -0.1) is 0 Å². The number of aryl methyl sites for hydroxylation is 2. The SMILES string of the molecule is COc1c(C)cccc1C(=O)NC(=S)Nc1ccc(I)c(C)n1. The highest BCUT2D eigenvalue weighted by Crippen LogP contribution is 2.22. The molecular weight excluding hydrogens is 425 g/mol. The van der Waals surface area contributed by atoms with Gasteiger partial charge in [-0.25, -0.2) is 4.98 Å². The normalized spacial score (nSPS) is 10.1. The number of carbonyl (C=O) groups is 1. The Hall–Kier alpha value is -1.74. The topological polar surface area (TPSA) is 63.2 Å². The fraction of sp³-hybridized carbons (Fsp3) is 0.188. The van der Waals surface area contributed by atoms with E-state index in [1.165, 1.54) is 7.11 Å². The van der Waals surface area contributed by atoms with Gasteiger partial charge < -0.3 is 10.1 Å². The van der Waals surface area contributed by atoms with E-state index in [1.807, 2.05) is 26.0 Å². The van der Waals surface area contributed by atoms with Crippen LogP contribution < -0.4 is 15.4 Å². The smallest absolute Gasteiger partial charge is 0.261 e. The number of anilines is 1. The molecule has 0 bridgehead atoms. The molecule has 2 N–H and O–H groups in total. The number of nitrogens with one attached hydrogen (secondary N) is 2. The standard InChI is InChI=1S/C16H16IN3O2S/c1-9-5-4-6-11(14(9)22-3)15(21)20-16(23)19-13-8-7-12(17)10(2)18-13/h4-8H,1-3H3,(H2,18,19,20,21,23). The van der Waals surface area contributed by atoms with E-state index in [2.05, 4.69) is 38.2 Å². The summed E-state index contributed by atoms with van der Waals surface area (Å²) < 4.78 is 6.35. The van der Waals surface area contributed by atoms with Crippen LogP contribution in [0.5, 0.6) is 5.75 Å². The highest BCUT2D eigenvalue weighted by molar-refractivity contribution is 14.1. The van der Waals surface area contributed by atoms with Crippen molar-refractivity contribution in [3.8, 4) is 5.75 Å². The van der Waals surface area contributed by atoms with E-state index in [1.54, 1.807) is 18.2 Å². The fourth-order valence-electron chi connectivity index (χ4n) is 2.03. The highest BCUT2D eigenvalue weighted by Gasteiger charge is 2.15. The summed E-state index contributed by atoms with van der Waals surface area (Å²) in [6.45, 7) is 3.79. The molecule has 0 aliphatic carbocycles. The molecule has 2 rings (SSSR count). The number of aromatic nitrogens is 1. The van der Waals surface area contributed by atoms with Crippen LogP contribution in [0.4, 0.5) is 5.82 Å². The Morgan fingerprint density at radius 2 is 2.00 bits per heavy atom. The van der Waals surface area contributed by atoms with Gasteiger partial charge in [-0.3, -0.25) is 10.1 Å². The third kappa shape index (κ3) is 4.38. The van der Waals surface area contributed by atoms with Crippen molar-refractivity contribution < 1.29 is 9.53 Å². The first-order valence-corrected chi connectivity index (χ1v) is 8.30. The largest absolute Gasteiger partial charge is 0.496 e. The molecule has 1 aromatic heterocycles. The Labute approximate surface area is 154 Å². The second-order valence-corrected chi connectivity index (χ2v) is 6.40. The van der Waals surface area contributed by atoms with Gasteiger partial charge >= 0.3 is 0 Å². The summed E-state index contributed by atoms with van der Waals surface area (Å²) >= 11 is 7.38. The van der Waals surface area contributed by atoms with E-state index in [4.69, 9.17) is 17.0 Å². The number of halogens is 1. The molecule has 0 atom stereocenters. The Morgan fingerprint density at radius 1 is 1.26 bits per heavy atom. The Kier molecular flexibility index (Phi) is 5.89. The molecule has 0 saturated heterocycles. The molecule has 23 heavy (non-hydrogen) atoms. The molecule has 0 radical (unpaired) electrons. The molecule has 5 nitrogen and oxygen atoms in total. The zero-order valence-corrected chi connectivity index (χ0v) is 15.9. The first kappa shape index (κ1) is 17.6. The minimum absolute atomic E-state index is 0.187. The minimum Gasteiger partial charge on any atom is -0.496 e. The molecule has 0 fully saturated rings. The maximum Gasteiger partial charge on any atom is 0.261 e. The number of hydrogen-bond acceptors (Lipinski definition) is 4. The summed E-state index contributed by atoms with van der Waals surface area (Å²) in [6.07, 6.45) is 0. The second-order valence-electron chi connectivity index (χ2n) is 4.83. The third-order valence-corrected chi connectivity index (χ3v) is 4.49. The molecule has 0 aliphatic heterocycles. The van der Waals surface area contributed by atoms with Crippen LogP contribution >= 0.6 is 34.8 Å². The lowest BCUT2D eigenvalue weighted by atomic mass is 10.1. The van der Waals surface area contributed by atoms with Crippen LogP contribution in [0, 0.1) is 17.4 Å². The van der Waals surface area contributed by atoms with Gasteiger partial charge in [0.15, 0.2) is 5.11 Å². The Balaban J connectivity index is 2.09. The van der Waals surface area contributed by atoms with Gasteiger partial charge in [0.1, 0.15) is 11.6 Å². The van der Waals surface area contributed by atoms with E-state index < -0.39 is 0 Å². The van der Waals surface area contributed by atoms with Crippen LogP contribution in [0.2, 0.25) is 0 Å². The summed E-state index contributed by atoms with van der Waals surface area (Å²) in [6, 6.07) is 9.11. The number of pyridine rings is 1. The summed E-state index contributed by atoms with van der Waals surface area (Å²) in [5.41, 5.74) is 2.21. The van der Waals surface area contributed by atoms with Gasteiger partial charge in [0.2, 0.25) is 0 Å². The Bertz CT molecular complexity index is 765. The van der Waals surface area contributed by atoms with Crippen molar-refractivity contribution in [3.05, 3.63) is 50.7 Å². The zero-order valence-electron chi connectivity index (χ0n) is 12.9. The van der Waals surface area contributed by atoms with Crippen LogP contribution in [-0.2, 0) is 0 Å². The molecule has 0 aliphatic rings. The fourth-order valence-corrected chi connectivity index (χ4v) is 2.53. The number of carbonyl (C=O) groups excluding carboxylic acids is 1. The lowest BCUT2D eigenvalue weighted by Crippen LogP contribution is -2.34. The number of rotatable bonds is 3. The first-order valence-electron chi connectivity index (χ1n) is 6.81. The first-order chi connectivity index (χ1) is 10.9. The van der Waals surface area contributed by atoms with Crippen molar-refractivity contribution in [2.24, 2.45) is 0 Å². The molecule has 0 unspecified atom stereocenters. The summed E-state index contributed by atoms with van der Waals surface area (Å²) in [7, 11) is 1.54. The number of hydrogen-bond donors (Lipinski definition) is 2. The maximum atomic E-state index is 12.4. The summed E-state index contributed by atoms with van der Waals surface area (Å²) in [5.74, 6) is 0.797. The zero-order chi connectivity index (χ0) is 17.0. The number of ether oxygens (including phenoxy) is 1. The number of benzene rings is 1. The average molecular weight is 441 g/mol. The number of para-hydroxylation sites is 1. The van der Waals surface area contributed by atoms with E-state index in [0.29, 0.717) is 17.1 Å². The van der Waals surface area contributed by atoms with Gasteiger partial charge in [-0.2, -0.15) is 0 Å². The van der Waals surface area contributed by atoms with Gasteiger partial charge in [0.05, 0.1) is 18.4 Å². The van der Waals surface area contributed by atoms with Crippen molar-refractivity contribution in [2.75, 3.05) is 12.4 Å². The summed E-state index contributed by atoms with van der Waals surface area (Å²) in [4.78, 5) is 16.7. The molecular formula is C16H16IN3O2S. The van der Waals surface area contributed by atoms with Crippen molar-refractivity contribution >= 4 is 51.6 Å². The van der Waals surface area contributed by atoms with Crippen molar-refractivity contribution in [2.45, 2.75) is 13.8 Å². The number of amides is 1. The highest BCUT2D eigenvalue weighted by atomic mass is 127. The van der Waals surface area contributed by atoms with Gasteiger partial charge in [0, 0.05) is 3.57 Å². The monoisotopic (exact) mass is 441 g/mol. The van der Waals surface area contributed by atoms with Crippen molar-refractivity contribution in [1.82, 2.24) is 10.3 Å². The van der Waals surface area contributed by atoms with Gasteiger partial charge in [-0.05, 0) is 72.4 Å². The molecule has 0 saturated carbocycles. The lowest BCUT2D eigenvalue weighted by Gasteiger charge is -2.13. The average Bonchev–Trinajstić information content (AvgIpc) is 2.50. The number of nitrogens with zero attached hydrogens (tertiary/aromatic N) is 1. The van der Waals surface area contributed by atoms with E-state index in [0.717, 1.165) is 14.8 Å². The third-order valence-electron chi connectivity index (χ3n) is 3.15. The van der Waals surface area contributed by atoms with Crippen LogP contribution in [0.3, 0.4) is 0 Å². The van der Waals surface area contributed by atoms with Crippen LogP contribution in [0.1, 0.15) is 21.6 Å². The molecule has 1 aromatic carbocycles. The van der Waals surface area contributed by atoms with Crippen molar-refractivity contribution in [1.29, 1.82) is 0 Å². The predicted octanol–water partition coefficient (Wildman–Crippen LogP) is 3.44. The van der Waals surface area contributed by atoms with Gasteiger partial charge in [-0.1, -0.05) is 12.1 Å². The number of methoxy groups -OCH3 is 1. The van der Waals surface area contributed by atoms with E-state index in [-0.39, 0.29) is 11.0 Å². The van der Waals surface area contributed by atoms with Crippen LogP contribution in [0.25, 0.3) is 0 Å². The lowest BCUT2D eigenvalue weighted by molar-refractivity contribution is 0.0974. The molecule has 7 heteroatoms. The van der Waals surface area contributed by atoms with Crippen LogP contribution in [-0.4, -0.2) is 23.1 Å². The molecule has 1 amide bonds. The minimum atomic E-state index is -0.328. The molecule has 2 aromatic rings. The molecule has 120 valence electrons.